The number of hydrogen-bond donors (Lipinski definition) is 0. The summed E-state index contributed by atoms with van der Waals surface area (Å²) in [5.74, 6) is 0.685. The maximum Gasteiger partial charge on any atom is 0.138 e. The fourth-order valence-corrected chi connectivity index (χ4v) is 3.07. The van der Waals surface area contributed by atoms with Crippen LogP contribution in [0.25, 0.3) is 0 Å². The molecule has 0 radical (unpaired) electrons. The van der Waals surface area contributed by atoms with Gasteiger partial charge in [-0.1, -0.05) is 6.92 Å². The van der Waals surface area contributed by atoms with Gasteiger partial charge in [-0.05, 0) is 39.9 Å². The zero-order valence-electron chi connectivity index (χ0n) is 10.8. The van der Waals surface area contributed by atoms with Gasteiger partial charge < -0.3 is 4.90 Å². The van der Waals surface area contributed by atoms with E-state index in [-0.39, 0.29) is 5.92 Å². The molecule has 0 bridgehead atoms. The van der Waals surface area contributed by atoms with Gasteiger partial charge in [-0.2, -0.15) is 0 Å². The van der Waals surface area contributed by atoms with E-state index in [1.807, 2.05) is 0 Å². The van der Waals surface area contributed by atoms with Crippen LogP contribution >= 0.6 is 0 Å². The third-order valence-corrected chi connectivity index (χ3v) is 4.53. The Labute approximate surface area is 98.8 Å². The molecular weight excluding hydrogens is 200 g/mol. The molecule has 0 aromatic carbocycles. The molecule has 2 fully saturated rings. The van der Waals surface area contributed by atoms with E-state index < -0.39 is 0 Å². The first kappa shape index (κ1) is 12.1. The summed E-state index contributed by atoms with van der Waals surface area (Å²) in [5, 5.41) is 0. The predicted molar refractivity (Wildman–Crippen MR) is 65.5 cm³/mol. The molecule has 2 unspecified atom stereocenters. The molecule has 92 valence electrons. The highest BCUT2D eigenvalue weighted by Crippen LogP contribution is 2.26. The zero-order chi connectivity index (χ0) is 11.7. The van der Waals surface area contributed by atoms with E-state index >= 15 is 0 Å². The molecule has 2 rings (SSSR count). The van der Waals surface area contributed by atoms with Crippen molar-refractivity contribution in [3.05, 3.63) is 0 Å². The van der Waals surface area contributed by atoms with Gasteiger partial charge in [-0.15, -0.1) is 0 Å². The van der Waals surface area contributed by atoms with Crippen molar-refractivity contribution in [2.75, 3.05) is 26.7 Å². The van der Waals surface area contributed by atoms with Crippen molar-refractivity contribution in [2.45, 2.75) is 45.2 Å². The fraction of sp³-hybridized carbons (Fsp3) is 0.923. The lowest BCUT2D eigenvalue weighted by atomic mass is 9.88. The Bertz CT molecular complexity index is 259. The van der Waals surface area contributed by atoms with Crippen LogP contribution < -0.4 is 0 Å². The van der Waals surface area contributed by atoms with Crippen molar-refractivity contribution in [1.29, 1.82) is 0 Å². The second-order valence-corrected chi connectivity index (χ2v) is 5.52. The number of ketones is 1. The standard InChI is InChI=1S/C13H24N2O/c1-10-11(2)15(9-6-13(10)16)12-4-7-14(3)8-5-12/h10-12H,4-9H2,1-3H3. The molecule has 2 aliphatic rings. The van der Waals surface area contributed by atoms with Crippen molar-refractivity contribution in [3.8, 4) is 0 Å². The maximum absolute atomic E-state index is 11.6. The Morgan fingerprint density at radius 3 is 2.38 bits per heavy atom. The van der Waals surface area contributed by atoms with Crippen LogP contribution in [0.3, 0.4) is 0 Å². The topological polar surface area (TPSA) is 23.6 Å². The Kier molecular flexibility index (Phi) is 3.65. The Balaban J connectivity index is 1.96. The van der Waals surface area contributed by atoms with E-state index in [1.165, 1.54) is 25.9 Å². The molecule has 0 amide bonds. The molecule has 2 atom stereocenters. The van der Waals surface area contributed by atoms with E-state index in [9.17, 15) is 4.79 Å². The van der Waals surface area contributed by atoms with Crippen molar-refractivity contribution in [1.82, 2.24) is 9.80 Å². The molecule has 3 heteroatoms. The second-order valence-electron chi connectivity index (χ2n) is 5.52. The highest BCUT2D eigenvalue weighted by Gasteiger charge is 2.35. The van der Waals surface area contributed by atoms with Crippen LogP contribution in [-0.2, 0) is 4.79 Å². The molecule has 0 aromatic rings. The largest absolute Gasteiger partial charge is 0.306 e. The van der Waals surface area contributed by atoms with Gasteiger partial charge in [0, 0.05) is 31.0 Å². The molecule has 0 saturated carbocycles. The van der Waals surface area contributed by atoms with Gasteiger partial charge in [-0.25, -0.2) is 0 Å². The Morgan fingerprint density at radius 1 is 1.12 bits per heavy atom. The molecule has 0 N–H and O–H groups in total. The second kappa shape index (κ2) is 4.84. The van der Waals surface area contributed by atoms with Crippen molar-refractivity contribution in [2.24, 2.45) is 5.92 Å². The highest BCUT2D eigenvalue weighted by atomic mass is 16.1. The monoisotopic (exact) mass is 224 g/mol. The molecule has 0 aliphatic carbocycles. The quantitative estimate of drug-likeness (QED) is 0.672. The lowest BCUT2D eigenvalue weighted by Crippen LogP contribution is -2.54. The van der Waals surface area contributed by atoms with Gasteiger partial charge in [-0.3, -0.25) is 9.69 Å². The summed E-state index contributed by atoms with van der Waals surface area (Å²) in [5.41, 5.74) is 0. The molecule has 0 spiro atoms. The number of carbonyl (C=O) groups excluding carboxylic acids is 1. The van der Waals surface area contributed by atoms with Gasteiger partial charge in [0.05, 0.1) is 0 Å². The van der Waals surface area contributed by atoms with Crippen molar-refractivity contribution < 1.29 is 4.79 Å². The van der Waals surface area contributed by atoms with E-state index in [2.05, 4.69) is 30.7 Å². The Hall–Kier alpha value is -0.410. The first-order chi connectivity index (χ1) is 7.59. The summed E-state index contributed by atoms with van der Waals surface area (Å²) < 4.78 is 0. The van der Waals surface area contributed by atoms with Crippen molar-refractivity contribution in [3.63, 3.8) is 0 Å². The average Bonchev–Trinajstić information content (AvgIpc) is 2.28. The third-order valence-electron chi connectivity index (χ3n) is 4.53. The zero-order valence-corrected chi connectivity index (χ0v) is 10.8. The Morgan fingerprint density at radius 2 is 1.75 bits per heavy atom. The van der Waals surface area contributed by atoms with Gasteiger partial charge in [0.25, 0.3) is 0 Å². The lowest BCUT2D eigenvalue weighted by molar-refractivity contribution is -0.129. The molecule has 2 heterocycles. The summed E-state index contributed by atoms with van der Waals surface area (Å²) in [4.78, 5) is 16.6. The maximum atomic E-state index is 11.6. The molecule has 2 saturated heterocycles. The molecular formula is C13H24N2O. The predicted octanol–water partition coefficient (Wildman–Crippen LogP) is 1.38. The number of rotatable bonds is 1. The smallest absolute Gasteiger partial charge is 0.138 e. The van der Waals surface area contributed by atoms with E-state index in [4.69, 9.17) is 0 Å². The summed E-state index contributed by atoms with van der Waals surface area (Å²) in [6, 6.07) is 1.15. The van der Waals surface area contributed by atoms with E-state index in [0.717, 1.165) is 13.0 Å². The van der Waals surface area contributed by atoms with E-state index in [0.29, 0.717) is 17.9 Å². The average molecular weight is 224 g/mol. The first-order valence-corrected chi connectivity index (χ1v) is 6.56. The van der Waals surface area contributed by atoms with Gasteiger partial charge in [0.2, 0.25) is 0 Å². The van der Waals surface area contributed by atoms with Gasteiger partial charge >= 0.3 is 0 Å². The molecule has 3 nitrogen and oxygen atoms in total. The summed E-state index contributed by atoms with van der Waals surface area (Å²) in [6.07, 6.45) is 3.29. The lowest BCUT2D eigenvalue weighted by Gasteiger charge is -2.44. The van der Waals surface area contributed by atoms with E-state index in [1.54, 1.807) is 0 Å². The SMILES string of the molecule is CC1C(=O)CCN(C2CCN(C)CC2)C1C. The third kappa shape index (κ3) is 2.30. The number of carbonyl (C=O) groups is 1. The summed E-state index contributed by atoms with van der Waals surface area (Å²) in [6.45, 7) is 7.71. The minimum atomic E-state index is 0.230. The normalized spacial score (nSPS) is 35.6. The number of Topliss-reactive ketones (excluding diaryl/α,β-unsaturated/α-hetero) is 1. The first-order valence-electron chi connectivity index (χ1n) is 6.56. The number of likely N-dealkylation sites (tertiary alicyclic amines) is 2. The molecule has 0 aromatic heterocycles. The van der Waals surface area contributed by atoms with Crippen molar-refractivity contribution >= 4 is 5.78 Å². The molecule has 16 heavy (non-hydrogen) atoms. The number of piperidine rings is 2. The fourth-order valence-electron chi connectivity index (χ4n) is 3.07. The number of nitrogens with zero attached hydrogens (tertiary/aromatic N) is 2. The van der Waals surface area contributed by atoms with Crippen LogP contribution in [0.1, 0.15) is 33.1 Å². The number of hydrogen-bond acceptors (Lipinski definition) is 3. The minimum Gasteiger partial charge on any atom is -0.306 e. The minimum absolute atomic E-state index is 0.230. The van der Waals surface area contributed by atoms with Crippen LogP contribution in [0.5, 0.6) is 0 Å². The highest BCUT2D eigenvalue weighted by molar-refractivity contribution is 5.82. The van der Waals surface area contributed by atoms with Crippen LogP contribution in [-0.4, -0.2) is 54.3 Å². The van der Waals surface area contributed by atoms with Crippen LogP contribution in [0.15, 0.2) is 0 Å². The van der Waals surface area contributed by atoms with Crippen LogP contribution in [0, 0.1) is 5.92 Å². The van der Waals surface area contributed by atoms with Gasteiger partial charge in [0.15, 0.2) is 0 Å². The van der Waals surface area contributed by atoms with Gasteiger partial charge in [0.1, 0.15) is 5.78 Å². The van der Waals surface area contributed by atoms with Crippen LogP contribution in [0.2, 0.25) is 0 Å². The summed E-state index contributed by atoms with van der Waals surface area (Å²) in [7, 11) is 2.20. The summed E-state index contributed by atoms with van der Waals surface area (Å²) >= 11 is 0. The molecule has 2 aliphatic heterocycles. The van der Waals surface area contributed by atoms with Crippen LogP contribution in [0.4, 0.5) is 0 Å².